The smallest absolute Gasteiger partial charge is 0.410 e. The molecular weight excluding hydrogens is 286 g/mol. The molecule has 122 valence electrons. The Morgan fingerprint density at radius 2 is 2.00 bits per heavy atom. The lowest BCUT2D eigenvalue weighted by atomic mass is 10.2. The number of rotatable bonds is 4. The monoisotopic (exact) mass is 309 g/mol. The summed E-state index contributed by atoms with van der Waals surface area (Å²) in [6, 6.07) is 2.49. The van der Waals surface area contributed by atoms with Crippen molar-refractivity contribution < 1.29 is 19.1 Å². The number of likely N-dealkylation sites (N-methyl/N-ethyl adjacent to an activating group) is 1. The number of pyridine rings is 1. The van der Waals surface area contributed by atoms with Crippen molar-refractivity contribution in [3.8, 4) is 5.75 Å². The predicted molar refractivity (Wildman–Crippen MR) is 82.9 cm³/mol. The lowest BCUT2D eigenvalue weighted by molar-refractivity contribution is -0.139. The Morgan fingerprint density at radius 3 is 2.55 bits per heavy atom. The summed E-state index contributed by atoms with van der Waals surface area (Å²) in [4.78, 5) is 29.4. The van der Waals surface area contributed by atoms with Crippen LogP contribution in [0.5, 0.6) is 5.75 Å². The van der Waals surface area contributed by atoms with Gasteiger partial charge >= 0.3 is 12.1 Å². The molecule has 0 saturated carbocycles. The van der Waals surface area contributed by atoms with Gasteiger partial charge in [0.05, 0.1) is 0 Å². The highest BCUT2D eigenvalue weighted by molar-refractivity contribution is 5.83. The Hall–Kier alpha value is -2.31. The van der Waals surface area contributed by atoms with Crippen LogP contribution in [0.3, 0.4) is 0 Å². The molecule has 1 heterocycles. The lowest BCUT2D eigenvalue weighted by Crippen LogP contribution is -2.44. The van der Waals surface area contributed by atoms with Crippen LogP contribution in [0.4, 0.5) is 10.6 Å². The van der Waals surface area contributed by atoms with Crippen molar-refractivity contribution in [1.29, 1.82) is 0 Å². The van der Waals surface area contributed by atoms with Crippen molar-refractivity contribution in [3.63, 3.8) is 0 Å². The van der Waals surface area contributed by atoms with Gasteiger partial charge in [0.2, 0.25) is 0 Å². The Morgan fingerprint density at radius 1 is 1.36 bits per heavy atom. The Kier molecular flexibility index (Phi) is 5.73. The van der Waals surface area contributed by atoms with Crippen LogP contribution in [0.2, 0.25) is 0 Å². The Balaban J connectivity index is 2.74. The van der Waals surface area contributed by atoms with Gasteiger partial charge in [-0.1, -0.05) is 0 Å². The molecule has 22 heavy (non-hydrogen) atoms. The van der Waals surface area contributed by atoms with E-state index in [1.807, 2.05) is 0 Å². The van der Waals surface area contributed by atoms with E-state index in [0.29, 0.717) is 11.6 Å². The number of hydrogen-bond acceptors (Lipinski definition) is 6. The first-order chi connectivity index (χ1) is 10.2. The van der Waals surface area contributed by atoms with Gasteiger partial charge in [-0.25, -0.2) is 14.6 Å². The highest BCUT2D eigenvalue weighted by Gasteiger charge is 2.28. The van der Waals surface area contributed by atoms with Gasteiger partial charge in [-0.3, -0.25) is 4.90 Å². The van der Waals surface area contributed by atoms with E-state index in [1.54, 1.807) is 53.1 Å². The highest BCUT2D eigenvalue weighted by Crippen LogP contribution is 2.21. The number of aromatic nitrogens is 1. The standard InChI is InChI=1S/C15H23N3O4/c1-10(18(6)14(20)22-15(2,3)4)13(19)21-11-8-7-9-17-12(11)16-5/h7-10H,1-6H3,(H,16,17). The van der Waals surface area contributed by atoms with E-state index >= 15 is 0 Å². The fourth-order valence-corrected chi connectivity index (χ4v) is 1.50. The van der Waals surface area contributed by atoms with Crippen LogP contribution >= 0.6 is 0 Å². The molecule has 0 radical (unpaired) electrons. The third-order valence-corrected chi connectivity index (χ3v) is 2.82. The molecular formula is C15H23N3O4. The predicted octanol–water partition coefficient (Wildman–Crippen LogP) is 2.28. The van der Waals surface area contributed by atoms with Crippen LogP contribution in [0.1, 0.15) is 27.7 Å². The second kappa shape index (κ2) is 7.11. The van der Waals surface area contributed by atoms with Crippen LogP contribution in [-0.4, -0.2) is 47.7 Å². The molecule has 0 aromatic carbocycles. The summed E-state index contributed by atoms with van der Waals surface area (Å²) < 4.78 is 10.5. The maximum atomic E-state index is 12.2. The summed E-state index contributed by atoms with van der Waals surface area (Å²) >= 11 is 0. The van der Waals surface area contributed by atoms with Gasteiger partial charge in [0.25, 0.3) is 0 Å². The quantitative estimate of drug-likeness (QED) is 0.859. The topological polar surface area (TPSA) is 80.8 Å². The summed E-state index contributed by atoms with van der Waals surface area (Å²) in [5.41, 5.74) is -0.627. The molecule has 1 rings (SSSR count). The molecule has 0 aliphatic heterocycles. The number of nitrogens with zero attached hydrogens (tertiary/aromatic N) is 2. The van der Waals surface area contributed by atoms with E-state index in [1.165, 1.54) is 11.9 Å². The average Bonchev–Trinajstić information content (AvgIpc) is 2.44. The average molecular weight is 309 g/mol. The van der Waals surface area contributed by atoms with Gasteiger partial charge in [0.1, 0.15) is 11.6 Å². The number of nitrogens with one attached hydrogen (secondary N) is 1. The SMILES string of the molecule is CNc1ncccc1OC(=O)C(C)N(C)C(=O)OC(C)(C)C. The van der Waals surface area contributed by atoms with Crippen LogP contribution in [0.15, 0.2) is 18.3 Å². The minimum atomic E-state index is -0.792. The van der Waals surface area contributed by atoms with Crippen molar-refractivity contribution in [1.82, 2.24) is 9.88 Å². The number of ether oxygens (including phenoxy) is 2. The highest BCUT2D eigenvalue weighted by atomic mass is 16.6. The summed E-state index contributed by atoms with van der Waals surface area (Å²) in [7, 11) is 3.16. The van der Waals surface area contributed by atoms with Gasteiger partial charge in [-0.2, -0.15) is 0 Å². The van der Waals surface area contributed by atoms with E-state index in [-0.39, 0.29) is 0 Å². The molecule has 1 N–H and O–H groups in total. The van der Waals surface area contributed by atoms with Crippen LogP contribution < -0.4 is 10.1 Å². The number of carbonyl (C=O) groups is 2. The molecule has 0 spiro atoms. The number of hydrogen-bond donors (Lipinski definition) is 1. The van der Waals surface area contributed by atoms with E-state index in [4.69, 9.17) is 9.47 Å². The summed E-state index contributed by atoms with van der Waals surface area (Å²) in [5.74, 6) is 0.181. The van der Waals surface area contributed by atoms with Crippen molar-refractivity contribution in [3.05, 3.63) is 18.3 Å². The second-order valence-electron chi connectivity index (χ2n) is 5.79. The fourth-order valence-electron chi connectivity index (χ4n) is 1.50. The van der Waals surface area contributed by atoms with Crippen molar-refractivity contribution in [2.75, 3.05) is 19.4 Å². The third-order valence-electron chi connectivity index (χ3n) is 2.82. The fraction of sp³-hybridized carbons (Fsp3) is 0.533. The number of carbonyl (C=O) groups excluding carboxylic acids is 2. The summed E-state index contributed by atoms with van der Waals surface area (Å²) in [5, 5.41) is 2.83. The second-order valence-corrected chi connectivity index (χ2v) is 5.79. The maximum Gasteiger partial charge on any atom is 0.410 e. The first kappa shape index (κ1) is 17.7. The van der Waals surface area contributed by atoms with E-state index in [9.17, 15) is 9.59 Å². The minimum Gasteiger partial charge on any atom is -0.444 e. The molecule has 1 aromatic heterocycles. The summed E-state index contributed by atoms with van der Waals surface area (Å²) in [6.45, 7) is 6.85. The van der Waals surface area contributed by atoms with Gasteiger partial charge in [-0.05, 0) is 39.8 Å². The van der Waals surface area contributed by atoms with Crippen molar-refractivity contribution in [2.45, 2.75) is 39.3 Å². The zero-order valence-electron chi connectivity index (χ0n) is 13.8. The minimum absolute atomic E-state index is 0.305. The normalized spacial score (nSPS) is 12.3. The van der Waals surface area contributed by atoms with Crippen LogP contribution in [0.25, 0.3) is 0 Å². The van der Waals surface area contributed by atoms with E-state index < -0.39 is 23.7 Å². The third kappa shape index (κ3) is 4.91. The molecule has 1 amide bonds. The first-order valence-corrected chi connectivity index (χ1v) is 6.96. The largest absolute Gasteiger partial charge is 0.444 e. The van der Waals surface area contributed by atoms with E-state index in [0.717, 1.165) is 0 Å². The maximum absolute atomic E-state index is 12.2. The molecule has 0 aliphatic rings. The van der Waals surface area contributed by atoms with Gasteiger partial charge in [-0.15, -0.1) is 0 Å². The van der Waals surface area contributed by atoms with Crippen molar-refractivity contribution in [2.24, 2.45) is 0 Å². The van der Waals surface area contributed by atoms with Gasteiger partial charge in [0.15, 0.2) is 11.6 Å². The van der Waals surface area contributed by atoms with E-state index in [2.05, 4.69) is 10.3 Å². The zero-order chi connectivity index (χ0) is 16.9. The summed E-state index contributed by atoms with van der Waals surface area (Å²) in [6.07, 6.45) is 0.997. The van der Waals surface area contributed by atoms with Crippen LogP contribution in [0, 0.1) is 0 Å². The molecule has 0 bridgehead atoms. The lowest BCUT2D eigenvalue weighted by Gasteiger charge is -2.27. The van der Waals surface area contributed by atoms with Crippen molar-refractivity contribution >= 4 is 17.9 Å². The molecule has 1 aromatic rings. The number of esters is 1. The van der Waals surface area contributed by atoms with Gasteiger partial charge in [0, 0.05) is 20.3 Å². The molecule has 1 atom stereocenters. The molecule has 0 saturated heterocycles. The zero-order valence-corrected chi connectivity index (χ0v) is 13.8. The molecule has 1 unspecified atom stereocenters. The Labute approximate surface area is 130 Å². The van der Waals surface area contributed by atoms with Crippen LogP contribution in [-0.2, 0) is 9.53 Å². The first-order valence-electron chi connectivity index (χ1n) is 6.96. The van der Waals surface area contributed by atoms with Gasteiger partial charge < -0.3 is 14.8 Å². The number of anilines is 1. The molecule has 7 nitrogen and oxygen atoms in total. The Bertz CT molecular complexity index is 540. The molecule has 0 aliphatic carbocycles. The molecule has 7 heteroatoms. The molecule has 0 fully saturated rings. The number of amides is 1.